The van der Waals surface area contributed by atoms with Gasteiger partial charge in [-0.1, -0.05) is 49.6 Å². The monoisotopic (exact) mass is 324 g/mol. The van der Waals surface area contributed by atoms with Gasteiger partial charge in [-0.05, 0) is 100 Å². The molecule has 0 unspecified atom stereocenters. The molecule has 0 aliphatic heterocycles. The van der Waals surface area contributed by atoms with Gasteiger partial charge >= 0.3 is 0 Å². The summed E-state index contributed by atoms with van der Waals surface area (Å²) in [5, 5.41) is 0. The molecular formula is C24H36. The first-order valence-electron chi connectivity index (χ1n) is 10.4. The first-order chi connectivity index (χ1) is 11.7. The van der Waals surface area contributed by atoms with Crippen LogP contribution in [0.3, 0.4) is 0 Å². The van der Waals surface area contributed by atoms with Crippen LogP contribution in [0.15, 0.2) is 24.3 Å². The van der Waals surface area contributed by atoms with Crippen molar-refractivity contribution in [1.29, 1.82) is 0 Å². The second-order valence-corrected chi connectivity index (χ2v) is 8.56. The summed E-state index contributed by atoms with van der Waals surface area (Å²) in [5.41, 5.74) is 2.89. The van der Waals surface area contributed by atoms with E-state index < -0.39 is 0 Å². The van der Waals surface area contributed by atoms with Crippen LogP contribution in [-0.4, -0.2) is 0 Å². The number of rotatable bonds is 6. The maximum Gasteiger partial charge on any atom is -0.0210 e. The lowest BCUT2D eigenvalue weighted by Gasteiger charge is -2.36. The molecule has 0 atom stereocenters. The molecule has 132 valence electrons. The van der Waals surface area contributed by atoms with Crippen molar-refractivity contribution in [2.75, 3.05) is 0 Å². The van der Waals surface area contributed by atoms with E-state index in [2.05, 4.69) is 38.1 Å². The summed E-state index contributed by atoms with van der Waals surface area (Å²) in [6, 6.07) is 9.11. The molecule has 0 amide bonds. The number of hydrogen-bond acceptors (Lipinski definition) is 0. The molecule has 0 aromatic heterocycles. The molecule has 2 aliphatic rings. The minimum absolute atomic E-state index is 0.983. The van der Waals surface area contributed by atoms with Crippen LogP contribution in [0.25, 0.3) is 0 Å². The van der Waals surface area contributed by atoms with Crippen molar-refractivity contribution in [1.82, 2.24) is 0 Å². The third kappa shape index (κ3) is 5.36. The SMILES string of the molecule is C[C]1CCC([C]2CCC(CCCCc3ccc(C)cc3)CC2)CC1. The van der Waals surface area contributed by atoms with Gasteiger partial charge < -0.3 is 0 Å². The molecule has 1 aromatic carbocycles. The van der Waals surface area contributed by atoms with Crippen LogP contribution in [0.1, 0.15) is 88.7 Å². The number of unbranched alkanes of at least 4 members (excludes halogenated alkanes) is 1. The molecule has 0 spiro atoms. The number of benzene rings is 1. The smallest absolute Gasteiger partial charge is 0.0210 e. The molecule has 0 heterocycles. The maximum atomic E-state index is 2.36. The minimum Gasteiger partial charge on any atom is -0.0591 e. The van der Waals surface area contributed by atoms with Gasteiger partial charge in [0, 0.05) is 0 Å². The van der Waals surface area contributed by atoms with Gasteiger partial charge in [-0.3, -0.25) is 0 Å². The molecule has 2 radical (unpaired) electrons. The topological polar surface area (TPSA) is 0 Å². The minimum atomic E-state index is 0.983. The van der Waals surface area contributed by atoms with Gasteiger partial charge in [0.05, 0.1) is 0 Å². The van der Waals surface area contributed by atoms with Crippen molar-refractivity contribution in [3.63, 3.8) is 0 Å². The van der Waals surface area contributed by atoms with Gasteiger partial charge in [0.25, 0.3) is 0 Å². The molecule has 24 heavy (non-hydrogen) atoms. The summed E-state index contributed by atoms with van der Waals surface area (Å²) in [6.45, 7) is 4.53. The summed E-state index contributed by atoms with van der Waals surface area (Å²) in [7, 11) is 0. The highest BCUT2D eigenvalue weighted by Gasteiger charge is 2.30. The molecule has 1 aromatic rings. The molecule has 2 fully saturated rings. The Hall–Kier alpha value is -0.780. The van der Waals surface area contributed by atoms with E-state index in [0.717, 1.165) is 11.8 Å². The quantitative estimate of drug-likeness (QED) is 0.483. The van der Waals surface area contributed by atoms with Crippen LogP contribution >= 0.6 is 0 Å². The normalized spacial score (nSPS) is 22.1. The Balaban J connectivity index is 1.29. The Morgan fingerprint density at radius 1 is 0.792 bits per heavy atom. The van der Waals surface area contributed by atoms with Crippen molar-refractivity contribution in [2.45, 2.75) is 90.9 Å². The lowest BCUT2D eigenvalue weighted by molar-refractivity contribution is 0.282. The van der Waals surface area contributed by atoms with Crippen LogP contribution in [0.5, 0.6) is 0 Å². The van der Waals surface area contributed by atoms with Crippen molar-refractivity contribution in [3.8, 4) is 0 Å². The highest BCUT2D eigenvalue weighted by atomic mass is 14.3. The van der Waals surface area contributed by atoms with Gasteiger partial charge in [0.2, 0.25) is 0 Å². The van der Waals surface area contributed by atoms with Crippen molar-refractivity contribution in [2.24, 2.45) is 11.8 Å². The standard InChI is InChI=1S/C24H36/c1-19-7-11-21(12-8-19)5-3-4-6-22-13-17-24(18-14-22)23-15-9-20(2)10-16-23/h7-8,11-12,22-23H,3-6,9-10,13-18H2,1-2H3. The fourth-order valence-electron chi connectivity index (χ4n) is 4.78. The third-order valence-corrected chi connectivity index (χ3v) is 6.61. The van der Waals surface area contributed by atoms with Crippen molar-refractivity contribution < 1.29 is 0 Å². The predicted molar refractivity (Wildman–Crippen MR) is 105 cm³/mol. The Kier molecular flexibility index (Phi) is 6.81. The Morgan fingerprint density at radius 2 is 1.46 bits per heavy atom. The van der Waals surface area contributed by atoms with Gasteiger partial charge in [0.15, 0.2) is 0 Å². The fourth-order valence-corrected chi connectivity index (χ4v) is 4.78. The Labute approximate surface area is 150 Å². The highest BCUT2D eigenvalue weighted by Crippen LogP contribution is 2.43. The van der Waals surface area contributed by atoms with Crippen LogP contribution < -0.4 is 0 Å². The van der Waals surface area contributed by atoms with E-state index in [1.165, 1.54) is 88.2 Å². The van der Waals surface area contributed by atoms with E-state index in [0.29, 0.717) is 0 Å². The molecule has 0 bridgehead atoms. The molecule has 2 saturated carbocycles. The highest BCUT2D eigenvalue weighted by molar-refractivity contribution is 5.21. The van der Waals surface area contributed by atoms with Crippen molar-refractivity contribution >= 4 is 0 Å². The average Bonchev–Trinajstić information content (AvgIpc) is 2.62. The van der Waals surface area contributed by atoms with Gasteiger partial charge in [0.1, 0.15) is 0 Å². The van der Waals surface area contributed by atoms with E-state index in [-0.39, 0.29) is 0 Å². The van der Waals surface area contributed by atoms with Crippen LogP contribution in [0.4, 0.5) is 0 Å². The van der Waals surface area contributed by atoms with Gasteiger partial charge in [-0.2, -0.15) is 0 Å². The molecular weight excluding hydrogens is 288 g/mol. The van der Waals surface area contributed by atoms with Crippen LogP contribution in [0.2, 0.25) is 0 Å². The first-order valence-corrected chi connectivity index (χ1v) is 10.4. The summed E-state index contributed by atoms with van der Waals surface area (Å²) < 4.78 is 0. The van der Waals surface area contributed by atoms with Crippen molar-refractivity contribution in [3.05, 3.63) is 47.2 Å². The molecule has 0 saturated heterocycles. The van der Waals surface area contributed by atoms with E-state index >= 15 is 0 Å². The maximum absolute atomic E-state index is 2.36. The van der Waals surface area contributed by atoms with Crippen LogP contribution in [0, 0.1) is 30.6 Å². The summed E-state index contributed by atoms with van der Waals surface area (Å²) in [5.74, 6) is 5.69. The predicted octanol–water partition coefficient (Wildman–Crippen LogP) is 7.26. The van der Waals surface area contributed by atoms with E-state index in [1.807, 2.05) is 5.92 Å². The Bertz CT molecular complexity index is 455. The fraction of sp³-hybridized carbons (Fsp3) is 0.667. The van der Waals surface area contributed by atoms with E-state index in [9.17, 15) is 0 Å². The summed E-state index contributed by atoms with van der Waals surface area (Å²) in [4.78, 5) is 0. The van der Waals surface area contributed by atoms with E-state index in [4.69, 9.17) is 0 Å². The Morgan fingerprint density at radius 3 is 2.12 bits per heavy atom. The van der Waals surface area contributed by atoms with Crippen LogP contribution in [-0.2, 0) is 6.42 Å². The van der Waals surface area contributed by atoms with Gasteiger partial charge in [-0.25, -0.2) is 0 Å². The summed E-state index contributed by atoms with van der Waals surface area (Å²) in [6.07, 6.45) is 17.1. The molecule has 3 rings (SSSR count). The first kappa shape index (κ1) is 18.0. The zero-order valence-corrected chi connectivity index (χ0v) is 15.9. The zero-order valence-electron chi connectivity index (χ0n) is 15.9. The molecule has 0 heteroatoms. The average molecular weight is 325 g/mol. The number of hydrogen-bond donors (Lipinski definition) is 0. The lowest BCUT2D eigenvalue weighted by atomic mass is 9.69. The van der Waals surface area contributed by atoms with E-state index in [1.54, 1.807) is 5.92 Å². The molecule has 0 N–H and O–H groups in total. The third-order valence-electron chi connectivity index (χ3n) is 6.61. The second-order valence-electron chi connectivity index (χ2n) is 8.56. The number of aryl methyl sites for hydroxylation is 2. The largest absolute Gasteiger partial charge is 0.0591 e. The van der Waals surface area contributed by atoms with Gasteiger partial charge in [-0.15, -0.1) is 0 Å². The molecule has 2 aliphatic carbocycles. The molecule has 0 nitrogen and oxygen atoms in total. The zero-order chi connectivity index (χ0) is 16.8. The lowest BCUT2D eigenvalue weighted by Crippen LogP contribution is -2.23. The summed E-state index contributed by atoms with van der Waals surface area (Å²) >= 11 is 0. The second kappa shape index (κ2) is 9.07.